The number of urea groups is 1. The Labute approximate surface area is 116 Å². The first-order chi connectivity index (χ1) is 9.31. The number of carbonyl (C=O) groups is 1. The molecule has 2 N–H and O–H groups in total. The highest BCUT2D eigenvalue weighted by Crippen LogP contribution is 2.09. The Bertz CT molecular complexity index is 638. The highest BCUT2D eigenvalue weighted by molar-refractivity contribution is 7.90. The van der Waals surface area contributed by atoms with Gasteiger partial charge in [-0.15, -0.1) is 0 Å². The lowest BCUT2D eigenvalue weighted by Crippen LogP contribution is -2.37. The van der Waals surface area contributed by atoms with Crippen molar-refractivity contribution < 1.29 is 17.6 Å². The largest absolute Gasteiger partial charge is 0.337 e. The second-order valence-electron chi connectivity index (χ2n) is 4.16. The van der Waals surface area contributed by atoms with E-state index in [0.29, 0.717) is 0 Å². The van der Waals surface area contributed by atoms with Crippen LogP contribution in [0.15, 0.2) is 18.2 Å². The first-order valence-electron chi connectivity index (χ1n) is 5.70. The van der Waals surface area contributed by atoms with Gasteiger partial charge in [-0.25, -0.2) is 17.6 Å². The van der Waals surface area contributed by atoms with E-state index in [1.165, 1.54) is 12.1 Å². The molecule has 20 heavy (non-hydrogen) atoms. The zero-order valence-electron chi connectivity index (χ0n) is 10.8. The number of rotatable bonds is 5. The van der Waals surface area contributed by atoms with Gasteiger partial charge in [0.2, 0.25) is 0 Å². The Morgan fingerprint density at radius 1 is 1.40 bits per heavy atom. The molecule has 1 rings (SSSR count). The lowest BCUT2D eigenvalue weighted by molar-refractivity contribution is 0.241. The van der Waals surface area contributed by atoms with E-state index in [1.54, 1.807) is 6.07 Å². The molecule has 0 spiro atoms. The molecule has 1 aromatic carbocycles. The summed E-state index contributed by atoms with van der Waals surface area (Å²) in [6.07, 6.45) is 1.07. The minimum Gasteiger partial charge on any atom is -0.337 e. The van der Waals surface area contributed by atoms with Crippen LogP contribution < -0.4 is 10.6 Å². The van der Waals surface area contributed by atoms with Crippen LogP contribution in [0.4, 0.5) is 9.18 Å². The molecule has 0 saturated heterocycles. The first kappa shape index (κ1) is 15.9. The zero-order valence-corrected chi connectivity index (χ0v) is 11.6. The highest BCUT2D eigenvalue weighted by Gasteiger charge is 2.07. The summed E-state index contributed by atoms with van der Waals surface area (Å²) in [5.74, 6) is -0.744. The second kappa shape index (κ2) is 6.86. The molecule has 2 amide bonds. The zero-order chi connectivity index (χ0) is 15.2. The van der Waals surface area contributed by atoms with Crippen molar-refractivity contribution in [1.29, 1.82) is 5.26 Å². The van der Waals surface area contributed by atoms with Crippen LogP contribution in [0.1, 0.15) is 11.1 Å². The third kappa shape index (κ3) is 5.67. The van der Waals surface area contributed by atoms with Crippen molar-refractivity contribution in [2.24, 2.45) is 0 Å². The average Bonchev–Trinajstić information content (AvgIpc) is 2.35. The summed E-state index contributed by atoms with van der Waals surface area (Å²) < 4.78 is 35.2. The van der Waals surface area contributed by atoms with Crippen LogP contribution >= 0.6 is 0 Å². The lowest BCUT2D eigenvalue weighted by Gasteiger charge is -2.08. The van der Waals surface area contributed by atoms with Gasteiger partial charge in [0.1, 0.15) is 15.7 Å². The van der Waals surface area contributed by atoms with E-state index in [1.807, 2.05) is 0 Å². The fraction of sp³-hybridized carbons (Fsp3) is 0.333. The highest BCUT2D eigenvalue weighted by atomic mass is 32.2. The molecule has 0 radical (unpaired) electrons. The van der Waals surface area contributed by atoms with Gasteiger partial charge < -0.3 is 10.6 Å². The molecule has 0 aliphatic carbocycles. The Morgan fingerprint density at radius 2 is 2.10 bits per heavy atom. The van der Waals surface area contributed by atoms with Crippen LogP contribution in [-0.4, -0.2) is 33.0 Å². The van der Waals surface area contributed by atoms with Crippen molar-refractivity contribution in [3.8, 4) is 6.07 Å². The van der Waals surface area contributed by atoms with Crippen molar-refractivity contribution in [2.45, 2.75) is 6.54 Å². The van der Waals surface area contributed by atoms with Crippen molar-refractivity contribution in [1.82, 2.24) is 10.6 Å². The normalized spacial score (nSPS) is 10.7. The van der Waals surface area contributed by atoms with E-state index in [9.17, 15) is 17.6 Å². The maximum Gasteiger partial charge on any atom is 0.315 e. The van der Waals surface area contributed by atoms with Gasteiger partial charge in [0.15, 0.2) is 0 Å². The molecule has 6 nitrogen and oxygen atoms in total. The fourth-order valence-electron chi connectivity index (χ4n) is 1.35. The van der Waals surface area contributed by atoms with Gasteiger partial charge in [0.25, 0.3) is 0 Å². The van der Waals surface area contributed by atoms with E-state index in [0.717, 1.165) is 12.3 Å². The van der Waals surface area contributed by atoms with Crippen LogP contribution in [0.2, 0.25) is 0 Å². The lowest BCUT2D eigenvalue weighted by atomic mass is 10.1. The van der Waals surface area contributed by atoms with Gasteiger partial charge in [0.05, 0.1) is 17.4 Å². The van der Waals surface area contributed by atoms with Crippen LogP contribution in [0.3, 0.4) is 0 Å². The van der Waals surface area contributed by atoms with E-state index >= 15 is 0 Å². The topological polar surface area (TPSA) is 99.1 Å². The summed E-state index contributed by atoms with van der Waals surface area (Å²) in [7, 11) is -3.13. The molecule has 0 aliphatic rings. The van der Waals surface area contributed by atoms with Crippen LogP contribution in [-0.2, 0) is 16.4 Å². The van der Waals surface area contributed by atoms with Gasteiger partial charge in [-0.05, 0) is 12.1 Å². The van der Waals surface area contributed by atoms with Crippen molar-refractivity contribution in [3.63, 3.8) is 0 Å². The molecule has 108 valence electrons. The molecule has 0 aromatic heterocycles. The summed E-state index contributed by atoms with van der Waals surface area (Å²) in [4.78, 5) is 11.3. The van der Waals surface area contributed by atoms with Crippen molar-refractivity contribution >= 4 is 15.9 Å². The standard InChI is InChI=1S/C12H14FN3O3S/c1-20(18,19)5-4-15-12(17)16-8-10-3-2-9(7-14)6-11(10)13/h2-3,6H,4-5,8H2,1H3,(H2,15,16,17). The van der Waals surface area contributed by atoms with Gasteiger partial charge in [-0.3, -0.25) is 0 Å². The number of halogens is 1. The van der Waals surface area contributed by atoms with Crippen LogP contribution in [0.5, 0.6) is 0 Å². The van der Waals surface area contributed by atoms with E-state index in [2.05, 4.69) is 10.6 Å². The van der Waals surface area contributed by atoms with Crippen LogP contribution in [0.25, 0.3) is 0 Å². The van der Waals surface area contributed by atoms with Gasteiger partial charge in [-0.1, -0.05) is 6.07 Å². The number of carbonyl (C=O) groups excluding carboxylic acids is 1. The molecule has 0 bridgehead atoms. The predicted octanol–water partition coefficient (Wildman–Crippen LogP) is 0.541. The molecule has 0 unspecified atom stereocenters. The average molecular weight is 299 g/mol. The Kier molecular flexibility index (Phi) is 5.46. The van der Waals surface area contributed by atoms with E-state index in [4.69, 9.17) is 5.26 Å². The molecular weight excluding hydrogens is 285 g/mol. The number of amides is 2. The van der Waals surface area contributed by atoms with Gasteiger partial charge in [0, 0.05) is 24.9 Å². The second-order valence-corrected chi connectivity index (χ2v) is 6.42. The molecule has 8 heteroatoms. The smallest absolute Gasteiger partial charge is 0.315 e. The number of sulfone groups is 1. The molecule has 0 saturated carbocycles. The Hall–Kier alpha value is -2.14. The SMILES string of the molecule is CS(=O)(=O)CCNC(=O)NCc1ccc(C#N)cc1F. The third-order valence-electron chi connectivity index (χ3n) is 2.38. The van der Waals surface area contributed by atoms with Crippen LogP contribution in [0, 0.1) is 17.1 Å². The van der Waals surface area contributed by atoms with Gasteiger partial charge >= 0.3 is 6.03 Å². The van der Waals surface area contributed by atoms with E-state index < -0.39 is 21.7 Å². The molecule has 0 aliphatic heterocycles. The number of nitriles is 1. The summed E-state index contributed by atoms with van der Waals surface area (Å²) in [6.45, 7) is -0.0667. The Morgan fingerprint density at radius 3 is 2.65 bits per heavy atom. The number of nitrogens with one attached hydrogen (secondary N) is 2. The summed E-state index contributed by atoms with van der Waals surface area (Å²) >= 11 is 0. The summed E-state index contributed by atoms with van der Waals surface area (Å²) in [5, 5.41) is 13.3. The minimum absolute atomic E-state index is 0.0134. The number of benzene rings is 1. The first-order valence-corrected chi connectivity index (χ1v) is 7.76. The van der Waals surface area contributed by atoms with E-state index in [-0.39, 0.29) is 30.0 Å². The fourth-order valence-corrected chi connectivity index (χ4v) is 1.82. The molecule has 0 fully saturated rings. The van der Waals surface area contributed by atoms with Crippen molar-refractivity contribution in [3.05, 3.63) is 35.1 Å². The number of nitrogens with zero attached hydrogens (tertiary/aromatic N) is 1. The Balaban J connectivity index is 2.44. The van der Waals surface area contributed by atoms with Gasteiger partial charge in [-0.2, -0.15) is 5.26 Å². The maximum atomic E-state index is 13.5. The monoisotopic (exact) mass is 299 g/mol. The predicted molar refractivity (Wildman–Crippen MR) is 71.1 cm³/mol. The molecular formula is C12H14FN3O3S. The quantitative estimate of drug-likeness (QED) is 0.829. The third-order valence-corrected chi connectivity index (χ3v) is 3.33. The summed E-state index contributed by atoms with van der Waals surface area (Å²) in [6, 6.07) is 5.16. The molecule has 0 atom stereocenters. The molecule has 0 heterocycles. The number of hydrogen-bond acceptors (Lipinski definition) is 4. The number of hydrogen-bond donors (Lipinski definition) is 2. The molecule has 1 aromatic rings. The maximum absolute atomic E-state index is 13.5. The summed E-state index contributed by atoms with van der Waals surface area (Å²) in [5.41, 5.74) is 0.436. The minimum atomic E-state index is -3.13. The van der Waals surface area contributed by atoms with Crippen molar-refractivity contribution in [2.75, 3.05) is 18.6 Å².